The van der Waals surface area contributed by atoms with Crippen molar-refractivity contribution in [2.75, 3.05) is 0 Å². The molecule has 0 atom stereocenters. The quantitative estimate of drug-likeness (QED) is 0.457. The molecule has 0 aromatic heterocycles. The number of carbonyl (C=O) groups excluding carboxylic acids is 1. The van der Waals surface area contributed by atoms with Gasteiger partial charge in [-0.3, -0.25) is 4.79 Å². The summed E-state index contributed by atoms with van der Waals surface area (Å²) in [6.45, 7) is 0. The standard InChI is InChI=1S/C16H9BrClF3O/c17-14-3-1-2-11(15(14)18)5-6-12-8-10(9-22)4-7-13(12)16(19,20)21/h1-9H/b6-5+. The van der Waals surface area contributed by atoms with E-state index >= 15 is 0 Å². The number of rotatable bonds is 3. The molecular formula is C16H9BrClF3O. The highest BCUT2D eigenvalue weighted by Gasteiger charge is 2.32. The van der Waals surface area contributed by atoms with E-state index in [1.165, 1.54) is 18.2 Å². The second-order valence-electron chi connectivity index (χ2n) is 4.44. The van der Waals surface area contributed by atoms with Crippen LogP contribution in [0.15, 0.2) is 40.9 Å². The average molecular weight is 390 g/mol. The molecule has 0 fully saturated rings. The molecule has 0 aliphatic heterocycles. The minimum atomic E-state index is -4.50. The molecular weight excluding hydrogens is 381 g/mol. The molecule has 22 heavy (non-hydrogen) atoms. The van der Waals surface area contributed by atoms with Crippen LogP contribution in [0, 0.1) is 0 Å². The lowest BCUT2D eigenvalue weighted by molar-refractivity contribution is -0.137. The van der Waals surface area contributed by atoms with Crippen molar-refractivity contribution >= 4 is 46.0 Å². The second kappa shape index (κ2) is 6.67. The van der Waals surface area contributed by atoms with Crippen molar-refractivity contribution in [3.63, 3.8) is 0 Å². The number of halogens is 5. The number of carbonyl (C=O) groups is 1. The lowest BCUT2D eigenvalue weighted by Crippen LogP contribution is -2.07. The summed E-state index contributed by atoms with van der Waals surface area (Å²) in [4.78, 5) is 10.8. The predicted octanol–water partition coefficient (Wildman–Crippen LogP) is 6.10. The minimum absolute atomic E-state index is 0.0897. The molecule has 0 saturated heterocycles. The molecule has 0 aliphatic carbocycles. The molecule has 2 aromatic rings. The van der Waals surface area contributed by atoms with Gasteiger partial charge in [0.2, 0.25) is 0 Å². The van der Waals surface area contributed by atoms with Crippen LogP contribution >= 0.6 is 27.5 Å². The fourth-order valence-electron chi connectivity index (χ4n) is 1.88. The van der Waals surface area contributed by atoms with Crippen molar-refractivity contribution in [1.29, 1.82) is 0 Å². The summed E-state index contributed by atoms with van der Waals surface area (Å²) >= 11 is 9.32. The summed E-state index contributed by atoms with van der Waals surface area (Å²) in [5.74, 6) is 0. The number of alkyl halides is 3. The van der Waals surface area contributed by atoms with Crippen molar-refractivity contribution in [1.82, 2.24) is 0 Å². The Balaban J connectivity index is 2.49. The van der Waals surface area contributed by atoms with Crippen molar-refractivity contribution in [3.05, 3.63) is 68.1 Å². The van der Waals surface area contributed by atoms with E-state index in [-0.39, 0.29) is 11.1 Å². The summed E-state index contributed by atoms with van der Waals surface area (Å²) in [6.07, 6.45) is -1.22. The van der Waals surface area contributed by atoms with E-state index < -0.39 is 11.7 Å². The molecule has 0 saturated carbocycles. The van der Waals surface area contributed by atoms with Gasteiger partial charge in [-0.05, 0) is 45.3 Å². The maximum Gasteiger partial charge on any atom is 0.416 e. The van der Waals surface area contributed by atoms with Gasteiger partial charge >= 0.3 is 6.18 Å². The molecule has 1 nitrogen and oxygen atoms in total. The summed E-state index contributed by atoms with van der Waals surface area (Å²) < 4.78 is 39.6. The normalized spacial score (nSPS) is 11.9. The first-order valence-corrected chi connectivity index (χ1v) is 7.28. The predicted molar refractivity (Wildman–Crippen MR) is 84.9 cm³/mol. The lowest BCUT2D eigenvalue weighted by atomic mass is 10.0. The Morgan fingerprint density at radius 3 is 2.36 bits per heavy atom. The first-order valence-electron chi connectivity index (χ1n) is 6.11. The van der Waals surface area contributed by atoms with Crippen LogP contribution in [0.25, 0.3) is 12.2 Å². The third-order valence-electron chi connectivity index (χ3n) is 2.94. The molecule has 0 aliphatic rings. The molecule has 2 rings (SSSR count). The SMILES string of the molecule is O=Cc1ccc(C(F)(F)F)c(/C=C/c2cccc(Br)c2Cl)c1. The molecule has 0 N–H and O–H groups in total. The highest BCUT2D eigenvalue weighted by atomic mass is 79.9. The molecule has 114 valence electrons. The van der Waals surface area contributed by atoms with Crippen LogP contribution in [0.4, 0.5) is 13.2 Å². The molecule has 0 heterocycles. The van der Waals surface area contributed by atoms with Crippen LogP contribution < -0.4 is 0 Å². The van der Waals surface area contributed by atoms with E-state index in [9.17, 15) is 18.0 Å². The van der Waals surface area contributed by atoms with E-state index in [1.54, 1.807) is 18.2 Å². The molecule has 0 spiro atoms. The molecule has 0 amide bonds. The van der Waals surface area contributed by atoms with E-state index in [0.29, 0.717) is 21.3 Å². The summed E-state index contributed by atoms with van der Waals surface area (Å²) in [5.41, 5.74) is -0.151. The van der Waals surface area contributed by atoms with Gasteiger partial charge in [0.05, 0.1) is 10.6 Å². The zero-order valence-corrected chi connectivity index (χ0v) is 13.3. The van der Waals surface area contributed by atoms with Gasteiger partial charge in [0, 0.05) is 10.0 Å². The van der Waals surface area contributed by atoms with Gasteiger partial charge in [-0.25, -0.2) is 0 Å². The topological polar surface area (TPSA) is 17.1 Å². The molecule has 2 aromatic carbocycles. The minimum Gasteiger partial charge on any atom is -0.298 e. The molecule has 0 unspecified atom stereocenters. The Hall–Kier alpha value is -1.59. The zero-order chi connectivity index (χ0) is 16.3. The number of aldehydes is 1. The maximum atomic E-state index is 13.0. The first kappa shape index (κ1) is 16.8. The summed E-state index contributed by atoms with van der Waals surface area (Å²) in [6, 6.07) is 8.36. The van der Waals surface area contributed by atoms with Gasteiger partial charge in [-0.2, -0.15) is 13.2 Å². The largest absolute Gasteiger partial charge is 0.416 e. The zero-order valence-electron chi connectivity index (χ0n) is 11.0. The van der Waals surface area contributed by atoms with E-state index in [4.69, 9.17) is 11.6 Å². The highest BCUT2D eigenvalue weighted by Crippen LogP contribution is 2.34. The van der Waals surface area contributed by atoms with Gasteiger partial charge in [0.25, 0.3) is 0 Å². The van der Waals surface area contributed by atoms with Gasteiger partial charge in [0.15, 0.2) is 0 Å². The number of benzene rings is 2. The van der Waals surface area contributed by atoms with Crippen molar-refractivity contribution in [2.45, 2.75) is 6.18 Å². The van der Waals surface area contributed by atoms with Gasteiger partial charge in [-0.15, -0.1) is 0 Å². The fraction of sp³-hybridized carbons (Fsp3) is 0.0625. The molecule has 0 radical (unpaired) electrons. The van der Waals surface area contributed by atoms with E-state index in [2.05, 4.69) is 15.9 Å². The number of hydrogen-bond donors (Lipinski definition) is 0. The van der Waals surface area contributed by atoms with Crippen molar-refractivity contribution < 1.29 is 18.0 Å². The maximum absolute atomic E-state index is 13.0. The third kappa shape index (κ3) is 3.78. The van der Waals surface area contributed by atoms with Crippen LogP contribution in [0.5, 0.6) is 0 Å². The van der Waals surface area contributed by atoms with E-state index in [1.807, 2.05) is 0 Å². The first-order chi connectivity index (χ1) is 10.3. The Morgan fingerprint density at radius 2 is 1.73 bits per heavy atom. The third-order valence-corrected chi connectivity index (χ3v) is 4.25. The van der Waals surface area contributed by atoms with Gasteiger partial charge < -0.3 is 0 Å². The smallest absolute Gasteiger partial charge is 0.298 e. The molecule has 0 bridgehead atoms. The monoisotopic (exact) mass is 388 g/mol. The van der Waals surface area contributed by atoms with Crippen LogP contribution in [0.2, 0.25) is 5.02 Å². The summed E-state index contributed by atoms with van der Waals surface area (Å²) in [7, 11) is 0. The van der Waals surface area contributed by atoms with Crippen LogP contribution in [0.3, 0.4) is 0 Å². The Labute approximate surface area is 138 Å². The fourth-order valence-corrected chi connectivity index (χ4v) is 2.45. The van der Waals surface area contributed by atoms with Gasteiger partial charge in [0.1, 0.15) is 6.29 Å². The average Bonchev–Trinajstić information content (AvgIpc) is 2.47. The van der Waals surface area contributed by atoms with Crippen LogP contribution in [0.1, 0.15) is 27.0 Å². The van der Waals surface area contributed by atoms with Crippen LogP contribution in [-0.2, 0) is 6.18 Å². The Bertz CT molecular complexity index is 739. The van der Waals surface area contributed by atoms with Crippen molar-refractivity contribution in [2.24, 2.45) is 0 Å². The lowest BCUT2D eigenvalue weighted by Gasteiger charge is -2.11. The van der Waals surface area contributed by atoms with Gasteiger partial charge in [-0.1, -0.05) is 42.0 Å². The second-order valence-corrected chi connectivity index (χ2v) is 5.67. The van der Waals surface area contributed by atoms with E-state index in [0.717, 1.165) is 12.1 Å². The molecule has 6 heteroatoms. The Morgan fingerprint density at radius 1 is 1.05 bits per heavy atom. The van der Waals surface area contributed by atoms with Crippen LogP contribution in [-0.4, -0.2) is 6.29 Å². The highest BCUT2D eigenvalue weighted by molar-refractivity contribution is 9.10. The summed E-state index contributed by atoms with van der Waals surface area (Å²) in [5, 5.41) is 0.402. The Kier molecular flexibility index (Phi) is 5.08. The number of hydrogen-bond acceptors (Lipinski definition) is 1. The van der Waals surface area contributed by atoms with Crippen molar-refractivity contribution in [3.8, 4) is 0 Å².